The van der Waals surface area contributed by atoms with Crippen LogP contribution in [0.5, 0.6) is 17.2 Å². The molecule has 0 atom stereocenters. The number of pyridine rings is 2. The van der Waals surface area contributed by atoms with Crippen molar-refractivity contribution >= 4 is 40.3 Å². The first-order chi connectivity index (χ1) is 19.4. The van der Waals surface area contributed by atoms with E-state index in [9.17, 15) is 19.5 Å². The fourth-order valence-electron chi connectivity index (χ4n) is 4.33. The van der Waals surface area contributed by atoms with Crippen LogP contribution in [0.2, 0.25) is 5.15 Å². The summed E-state index contributed by atoms with van der Waals surface area (Å²) in [5.74, 6) is -0.506. The molecule has 0 spiro atoms. The van der Waals surface area contributed by atoms with Crippen molar-refractivity contribution in [3.8, 4) is 34.1 Å². The SMILES string of the molecule is COc1cc(-c2c(C(=O)O)n(-c3ccc(NC(=O)OC(C)(C)C)cc3)c(=O)c3nc(Cl)ccc23)cc(OC)c1OC. The number of halogens is 1. The summed E-state index contributed by atoms with van der Waals surface area (Å²) in [4.78, 5) is 43.1. The number of carboxylic acid groups (broad SMARTS) is 1. The van der Waals surface area contributed by atoms with Crippen LogP contribution in [0.3, 0.4) is 0 Å². The first-order valence-electron chi connectivity index (χ1n) is 12.3. The number of nitrogens with one attached hydrogen (secondary N) is 1. The third-order valence-corrected chi connectivity index (χ3v) is 6.13. The molecule has 0 aliphatic heterocycles. The molecule has 4 aromatic rings. The number of aromatic carboxylic acids is 1. The Morgan fingerprint density at radius 1 is 0.951 bits per heavy atom. The summed E-state index contributed by atoms with van der Waals surface area (Å²) >= 11 is 6.16. The van der Waals surface area contributed by atoms with Crippen molar-refractivity contribution in [2.24, 2.45) is 0 Å². The number of ether oxygens (including phenoxy) is 4. The Morgan fingerprint density at radius 2 is 1.56 bits per heavy atom. The van der Waals surface area contributed by atoms with Crippen LogP contribution in [0.25, 0.3) is 27.7 Å². The van der Waals surface area contributed by atoms with Crippen molar-refractivity contribution < 1.29 is 33.6 Å². The molecule has 0 aliphatic carbocycles. The van der Waals surface area contributed by atoms with Crippen molar-refractivity contribution in [3.63, 3.8) is 0 Å². The maximum atomic E-state index is 13.8. The van der Waals surface area contributed by atoms with Gasteiger partial charge in [0.15, 0.2) is 11.5 Å². The normalized spacial score (nSPS) is 11.2. The van der Waals surface area contributed by atoms with E-state index in [0.717, 1.165) is 4.57 Å². The number of nitrogens with zero attached hydrogens (tertiary/aromatic N) is 2. The fraction of sp³-hybridized carbons (Fsp3) is 0.241. The van der Waals surface area contributed by atoms with Crippen LogP contribution in [0.1, 0.15) is 31.3 Å². The average Bonchev–Trinajstić information content (AvgIpc) is 2.91. The molecule has 0 aliphatic rings. The fourth-order valence-corrected chi connectivity index (χ4v) is 4.48. The van der Waals surface area contributed by atoms with E-state index >= 15 is 0 Å². The van der Waals surface area contributed by atoms with Gasteiger partial charge < -0.3 is 24.1 Å². The molecule has 0 radical (unpaired) electrons. The number of hydrogen-bond acceptors (Lipinski definition) is 8. The predicted molar refractivity (Wildman–Crippen MR) is 154 cm³/mol. The number of aromatic nitrogens is 2. The topological polar surface area (TPSA) is 138 Å². The number of fused-ring (bicyclic) bond motifs is 1. The zero-order valence-corrected chi connectivity index (χ0v) is 24.0. The van der Waals surface area contributed by atoms with Crippen LogP contribution < -0.4 is 25.1 Å². The highest BCUT2D eigenvalue weighted by Crippen LogP contribution is 2.43. The third kappa shape index (κ3) is 5.90. The van der Waals surface area contributed by atoms with Gasteiger partial charge in [0.05, 0.1) is 21.3 Å². The highest BCUT2D eigenvalue weighted by molar-refractivity contribution is 6.30. The predicted octanol–water partition coefficient (Wildman–Crippen LogP) is 5.78. The van der Waals surface area contributed by atoms with Crippen LogP contribution in [-0.2, 0) is 4.74 Å². The minimum atomic E-state index is -1.38. The molecule has 1 amide bonds. The van der Waals surface area contributed by atoms with Gasteiger partial charge in [0.25, 0.3) is 5.56 Å². The van der Waals surface area contributed by atoms with Crippen molar-refractivity contribution in [2.75, 3.05) is 26.6 Å². The molecule has 11 nitrogen and oxygen atoms in total. The lowest BCUT2D eigenvalue weighted by molar-refractivity contribution is 0.0634. The van der Waals surface area contributed by atoms with Gasteiger partial charge in [-0.05, 0) is 74.9 Å². The highest BCUT2D eigenvalue weighted by atomic mass is 35.5. The summed E-state index contributed by atoms with van der Waals surface area (Å²) in [7, 11) is 4.32. The zero-order chi connectivity index (χ0) is 30.1. The highest BCUT2D eigenvalue weighted by Gasteiger charge is 2.27. The Morgan fingerprint density at radius 3 is 2.07 bits per heavy atom. The first kappa shape index (κ1) is 29.2. The molecule has 2 aromatic carbocycles. The lowest BCUT2D eigenvalue weighted by Crippen LogP contribution is -2.27. The molecule has 0 unspecified atom stereocenters. The Labute approximate surface area is 240 Å². The maximum Gasteiger partial charge on any atom is 0.412 e. The summed E-state index contributed by atoms with van der Waals surface area (Å²) in [5, 5.41) is 13.4. The van der Waals surface area contributed by atoms with Gasteiger partial charge in [-0.2, -0.15) is 0 Å². The smallest absolute Gasteiger partial charge is 0.412 e. The molecule has 214 valence electrons. The quantitative estimate of drug-likeness (QED) is 0.260. The van der Waals surface area contributed by atoms with E-state index in [4.69, 9.17) is 30.5 Å². The molecule has 0 bridgehead atoms. The lowest BCUT2D eigenvalue weighted by Gasteiger charge is -2.20. The number of carbonyl (C=O) groups is 2. The Kier molecular flexibility index (Phi) is 8.11. The molecule has 2 N–H and O–H groups in total. The Bertz CT molecular complexity index is 1680. The van der Waals surface area contributed by atoms with Gasteiger partial charge in [0, 0.05) is 22.3 Å². The van der Waals surface area contributed by atoms with Gasteiger partial charge in [0.1, 0.15) is 22.0 Å². The van der Waals surface area contributed by atoms with E-state index in [1.54, 1.807) is 32.9 Å². The number of rotatable bonds is 7. The van der Waals surface area contributed by atoms with E-state index in [-0.39, 0.29) is 44.5 Å². The second-order valence-corrected chi connectivity index (χ2v) is 10.2. The lowest BCUT2D eigenvalue weighted by atomic mass is 9.97. The Balaban J connectivity index is 2.00. The van der Waals surface area contributed by atoms with Crippen molar-refractivity contribution in [1.82, 2.24) is 9.55 Å². The minimum Gasteiger partial charge on any atom is -0.493 e. The molecule has 0 saturated heterocycles. The van der Waals surface area contributed by atoms with Crippen molar-refractivity contribution in [1.29, 1.82) is 0 Å². The van der Waals surface area contributed by atoms with Gasteiger partial charge in [-0.3, -0.25) is 14.7 Å². The van der Waals surface area contributed by atoms with Gasteiger partial charge in [0.2, 0.25) is 5.75 Å². The summed E-state index contributed by atoms with van der Waals surface area (Å²) in [6, 6.07) is 12.2. The molecule has 4 rings (SSSR count). The van der Waals surface area contributed by atoms with E-state index in [0.29, 0.717) is 17.0 Å². The molecule has 2 heterocycles. The van der Waals surface area contributed by atoms with E-state index < -0.39 is 23.2 Å². The monoisotopic (exact) mass is 581 g/mol. The van der Waals surface area contributed by atoms with Gasteiger partial charge >= 0.3 is 12.1 Å². The number of benzene rings is 2. The van der Waals surface area contributed by atoms with Crippen molar-refractivity contribution in [3.05, 3.63) is 69.7 Å². The average molecular weight is 582 g/mol. The summed E-state index contributed by atoms with van der Waals surface area (Å²) in [5.41, 5.74) is -0.676. The largest absolute Gasteiger partial charge is 0.493 e. The molecule has 0 fully saturated rings. The number of amides is 1. The summed E-state index contributed by atoms with van der Waals surface area (Å²) in [6.45, 7) is 5.21. The standard InChI is InChI=1S/C29H28ClN3O8/c1-29(2,3)41-28(37)31-16-7-9-17(10-8-16)33-24(27(35)36)22(18-11-12-21(30)32-23(18)26(33)34)15-13-19(38-4)25(40-6)20(14-15)39-5/h7-14H,1-6H3,(H,31,37)(H,35,36). The summed E-state index contributed by atoms with van der Waals surface area (Å²) in [6.07, 6.45) is -0.664. The maximum absolute atomic E-state index is 13.8. The molecule has 12 heteroatoms. The number of anilines is 1. The van der Waals surface area contributed by atoms with Gasteiger partial charge in [-0.1, -0.05) is 11.6 Å². The second kappa shape index (κ2) is 11.4. The van der Waals surface area contributed by atoms with Gasteiger partial charge in [-0.15, -0.1) is 0 Å². The van der Waals surface area contributed by atoms with Crippen LogP contribution in [-0.4, -0.2) is 53.7 Å². The molecule has 41 heavy (non-hydrogen) atoms. The second-order valence-electron chi connectivity index (χ2n) is 9.79. The van der Waals surface area contributed by atoms with Crippen LogP contribution in [0, 0.1) is 0 Å². The zero-order valence-electron chi connectivity index (χ0n) is 23.2. The molecular weight excluding hydrogens is 554 g/mol. The number of carboxylic acids is 1. The van der Waals surface area contributed by atoms with Crippen LogP contribution >= 0.6 is 11.6 Å². The van der Waals surface area contributed by atoms with Crippen LogP contribution in [0.15, 0.2) is 53.3 Å². The molecule has 0 saturated carbocycles. The van der Waals surface area contributed by atoms with Gasteiger partial charge in [-0.25, -0.2) is 14.6 Å². The van der Waals surface area contributed by atoms with E-state index in [1.807, 2.05) is 0 Å². The van der Waals surface area contributed by atoms with Crippen molar-refractivity contribution in [2.45, 2.75) is 26.4 Å². The molecular formula is C29H28ClN3O8. The minimum absolute atomic E-state index is 0.0528. The first-order valence-corrected chi connectivity index (χ1v) is 12.7. The number of methoxy groups -OCH3 is 3. The summed E-state index contributed by atoms with van der Waals surface area (Å²) < 4.78 is 22.7. The van der Waals surface area contributed by atoms with E-state index in [2.05, 4.69) is 10.3 Å². The Hall–Kier alpha value is -4.77. The van der Waals surface area contributed by atoms with E-state index in [1.165, 1.54) is 57.7 Å². The third-order valence-electron chi connectivity index (χ3n) is 5.92. The molecule has 2 aromatic heterocycles. The number of carbonyl (C=O) groups excluding carboxylic acids is 1. The number of hydrogen-bond donors (Lipinski definition) is 2. The van der Waals surface area contributed by atoms with Crippen LogP contribution in [0.4, 0.5) is 10.5 Å².